The summed E-state index contributed by atoms with van der Waals surface area (Å²) >= 11 is 0. The molecule has 2 aliphatic heterocycles. The Bertz CT molecular complexity index is 827. The SMILES string of the molecule is CN=C(NCC1CCOC1c1ccccc1)N1CCN(c2ccccc2F)CC1.I. The predicted octanol–water partition coefficient (Wildman–Crippen LogP) is 3.92. The van der Waals surface area contributed by atoms with Crippen LogP contribution in [-0.2, 0) is 4.74 Å². The zero-order valence-corrected chi connectivity index (χ0v) is 19.7. The van der Waals surface area contributed by atoms with Crippen molar-refractivity contribution in [1.29, 1.82) is 0 Å². The Morgan fingerprint density at radius 3 is 2.47 bits per heavy atom. The first-order valence-electron chi connectivity index (χ1n) is 10.4. The lowest BCUT2D eigenvalue weighted by molar-refractivity contribution is 0.0913. The molecular weight excluding hydrogens is 494 g/mol. The Morgan fingerprint density at radius 2 is 1.77 bits per heavy atom. The van der Waals surface area contributed by atoms with E-state index >= 15 is 0 Å². The molecule has 0 aliphatic carbocycles. The molecule has 0 aromatic heterocycles. The minimum Gasteiger partial charge on any atom is -0.373 e. The highest BCUT2D eigenvalue weighted by Gasteiger charge is 2.30. The molecule has 0 amide bonds. The third-order valence-electron chi connectivity index (χ3n) is 5.85. The number of halogens is 2. The Labute approximate surface area is 195 Å². The zero-order chi connectivity index (χ0) is 20.1. The summed E-state index contributed by atoms with van der Waals surface area (Å²) in [7, 11) is 1.82. The minimum atomic E-state index is -0.156. The van der Waals surface area contributed by atoms with Gasteiger partial charge in [-0.1, -0.05) is 42.5 Å². The smallest absolute Gasteiger partial charge is 0.193 e. The van der Waals surface area contributed by atoms with E-state index in [1.54, 1.807) is 6.07 Å². The highest BCUT2D eigenvalue weighted by Crippen LogP contribution is 2.33. The summed E-state index contributed by atoms with van der Waals surface area (Å²) in [6, 6.07) is 17.4. The van der Waals surface area contributed by atoms with E-state index in [1.165, 1.54) is 11.6 Å². The van der Waals surface area contributed by atoms with Gasteiger partial charge in [-0.3, -0.25) is 4.99 Å². The molecule has 2 heterocycles. The molecule has 7 heteroatoms. The van der Waals surface area contributed by atoms with Crippen LogP contribution in [0.1, 0.15) is 18.1 Å². The van der Waals surface area contributed by atoms with Crippen LogP contribution in [-0.4, -0.2) is 57.2 Å². The number of hydrogen-bond acceptors (Lipinski definition) is 3. The zero-order valence-electron chi connectivity index (χ0n) is 17.3. The maximum Gasteiger partial charge on any atom is 0.193 e. The lowest BCUT2D eigenvalue weighted by atomic mass is 9.95. The van der Waals surface area contributed by atoms with E-state index in [9.17, 15) is 4.39 Å². The molecule has 162 valence electrons. The summed E-state index contributed by atoms with van der Waals surface area (Å²) in [4.78, 5) is 8.84. The molecule has 2 saturated heterocycles. The fraction of sp³-hybridized carbons (Fsp3) is 0.435. The van der Waals surface area contributed by atoms with Gasteiger partial charge in [-0.25, -0.2) is 4.39 Å². The van der Waals surface area contributed by atoms with E-state index < -0.39 is 0 Å². The second-order valence-electron chi connectivity index (χ2n) is 7.60. The topological polar surface area (TPSA) is 40.1 Å². The van der Waals surface area contributed by atoms with Crippen molar-refractivity contribution in [3.63, 3.8) is 0 Å². The summed E-state index contributed by atoms with van der Waals surface area (Å²) in [6.45, 7) is 4.82. The van der Waals surface area contributed by atoms with Gasteiger partial charge < -0.3 is 19.9 Å². The number of rotatable bonds is 4. The lowest BCUT2D eigenvalue weighted by Gasteiger charge is -2.38. The van der Waals surface area contributed by atoms with E-state index in [0.717, 1.165) is 51.7 Å². The van der Waals surface area contributed by atoms with E-state index in [4.69, 9.17) is 4.74 Å². The number of ether oxygens (including phenoxy) is 1. The van der Waals surface area contributed by atoms with E-state index in [0.29, 0.717) is 11.6 Å². The van der Waals surface area contributed by atoms with Crippen molar-refractivity contribution in [2.24, 2.45) is 10.9 Å². The molecule has 4 rings (SSSR count). The molecule has 5 nitrogen and oxygen atoms in total. The third-order valence-corrected chi connectivity index (χ3v) is 5.85. The van der Waals surface area contributed by atoms with Crippen molar-refractivity contribution >= 4 is 35.6 Å². The number of anilines is 1. The molecule has 2 fully saturated rings. The quantitative estimate of drug-likeness (QED) is 0.374. The van der Waals surface area contributed by atoms with Crippen molar-refractivity contribution < 1.29 is 9.13 Å². The summed E-state index contributed by atoms with van der Waals surface area (Å²) in [5, 5.41) is 3.55. The summed E-state index contributed by atoms with van der Waals surface area (Å²) < 4.78 is 20.1. The second kappa shape index (κ2) is 10.9. The van der Waals surface area contributed by atoms with Crippen LogP contribution in [0.15, 0.2) is 59.6 Å². The van der Waals surface area contributed by atoms with Crippen LogP contribution in [0.2, 0.25) is 0 Å². The molecule has 2 atom stereocenters. The van der Waals surface area contributed by atoms with Gasteiger partial charge in [0.15, 0.2) is 5.96 Å². The summed E-state index contributed by atoms with van der Waals surface area (Å²) in [5.74, 6) is 1.18. The van der Waals surface area contributed by atoms with Crippen LogP contribution in [0.25, 0.3) is 0 Å². The molecular formula is C23H30FIN4O. The monoisotopic (exact) mass is 524 g/mol. The number of nitrogens with one attached hydrogen (secondary N) is 1. The third kappa shape index (κ3) is 5.24. The molecule has 2 unspecified atom stereocenters. The van der Waals surface area contributed by atoms with Crippen molar-refractivity contribution in [3.8, 4) is 0 Å². The number of guanidine groups is 1. The van der Waals surface area contributed by atoms with Crippen LogP contribution < -0.4 is 10.2 Å². The van der Waals surface area contributed by atoms with Gasteiger partial charge in [0.2, 0.25) is 0 Å². The molecule has 2 aromatic rings. The average molecular weight is 524 g/mol. The van der Waals surface area contributed by atoms with Crippen molar-refractivity contribution in [3.05, 3.63) is 66.0 Å². The van der Waals surface area contributed by atoms with E-state index in [-0.39, 0.29) is 35.9 Å². The molecule has 0 spiro atoms. The standard InChI is InChI=1S/C23H29FN4O.HI/c1-25-23(26-17-19-11-16-29-22(19)18-7-3-2-4-8-18)28-14-12-27(13-15-28)21-10-6-5-9-20(21)24;/h2-10,19,22H,11-17H2,1H3,(H,25,26);1H. The highest BCUT2D eigenvalue weighted by atomic mass is 127. The highest BCUT2D eigenvalue weighted by molar-refractivity contribution is 14.0. The van der Waals surface area contributed by atoms with Gasteiger partial charge >= 0.3 is 0 Å². The van der Waals surface area contributed by atoms with Crippen LogP contribution in [0, 0.1) is 11.7 Å². The van der Waals surface area contributed by atoms with Crippen LogP contribution in [0.4, 0.5) is 10.1 Å². The van der Waals surface area contributed by atoms with Crippen LogP contribution in [0.3, 0.4) is 0 Å². The van der Waals surface area contributed by atoms with Gasteiger partial charge in [0, 0.05) is 52.3 Å². The number of hydrogen-bond donors (Lipinski definition) is 1. The van der Waals surface area contributed by atoms with Gasteiger partial charge in [0.25, 0.3) is 0 Å². The second-order valence-corrected chi connectivity index (χ2v) is 7.60. The lowest BCUT2D eigenvalue weighted by Crippen LogP contribution is -2.53. The molecule has 2 aromatic carbocycles. The first-order chi connectivity index (χ1) is 14.3. The van der Waals surface area contributed by atoms with E-state index in [1.807, 2.05) is 25.2 Å². The van der Waals surface area contributed by atoms with Crippen molar-refractivity contribution in [2.45, 2.75) is 12.5 Å². The molecule has 0 bridgehead atoms. The Kier molecular flexibility index (Phi) is 8.32. The van der Waals surface area contributed by atoms with Gasteiger partial charge in [0.1, 0.15) is 5.82 Å². The largest absolute Gasteiger partial charge is 0.373 e. The van der Waals surface area contributed by atoms with E-state index in [2.05, 4.69) is 44.4 Å². The molecule has 2 aliphatic rings. The van der Waals surface area contributed by atoms with Gasteiger partial charge in [0.05, 0.1) is 11.8 Å². The molecule has 1 N–H and O–H groups in total. The van der Waals surface area contributed by atoms with Gasteiger partial charge in [-0.2, -0.15) is 0 Å². The van der Waals surface area contributed by atoms with Gasteiger partial charge in [-0.05, 0) is 24.1 Å². The Balaban J connectivity index is 0.00000256. The fourth-order valence-electron chi connectivity index (χ4n) is 4.28. The van der Waals surface area contributed by atoms with Crippen molar-refractivity contribution in [1.82, 2.24) is 10.2 Å². The number of benzene rings is 2. The number of nitrogens with zero attached hydrogens (tertiary/aromatic N) is 3. The normalized spacial score (nSPS) is 22.0. The minimum absolute atomic E-state index is 0. The summed E-state index contributed by atoms with van der Waals surface area (Å²) in [5.41, 5.74) is 1.93. The Morgan fingerprint density at radius 1 is 1.07 bits per heavy atom. The average Bonchev–Trinajstić information content (AvgIpc) is 3.24. The number of piperazine rings is 1. The first-order valence-corrected chi connectivity index (χ1v) is 10.4. The first kappa shape index (κ1) is 22.8. The summed E-state index contributed by atoms with van der Waals surface area (Å²) in [6.07, 6.45) is 1.18. The maximum absolute atomic E-state index is 14.1. The van der Waals surface area contributed by atoms with Crippen molar-refractivity contribution in [2.75, 3.05) is 51.3 Å². The molecule has 0 radical (unpaired) electrons. The van der Waals surface area contributed by atoms with Crippen LogP contribution in [0.5, 0.6) is 0 Å². The maximum atomic E-state index is 14.1. The van der Waals surface area contributed by atoms with Crippen LogP contribution >= 0.6 is 24.0 Å². The predicted molar refractivity (Wildman–Crippen MR) is 130 cm³/mol. The number of aliphatic imine (C=N–C) groups is 1. The van der Waals surface area contributed by atoms with Gasteiger partial charge in [-0.15, -0.1) is 24.0 Å². The molecule has 0 saturated carbocycles. The number of para-hydroxylation sites is 1. The fourth-order valence-corrected chi connectivity index (χ4v) is 4.28. The Hall–Kier alpha value is -1.87. The molecule has 30 heavy (non-hydrogen) atoms.